The number of nitrogens with zero attached hydrogens (tertiary/aromatic N) is 1. The lowest BCUT2D eigenvalue weighted by molar-refractivity contribution is 0.0667. The van der Waals surface area contributed by atoms with Gasteiger partial charge in [0.05, 0.1) is 11.8 Å². The second-order valence-electron chi connectivity index (χ2n) is 5.64. The van der Waals surface area contributed by atoms with E-state index in [-0.39, 0.29) is 17.9 Å². The first-order valence-corrected chi connectivity index (χ1v) is 8.42. The van der Waals surface area contributed by atoms with Crippen molar-refractivity contribution in [2.75, 3.05) is 13.1 Å². The Balaban J connectivity index is 1.55. The van der Waals surface area contributed by atoms with Crippen molar-refractivity contribution >= 4 is 27.7 Å². The molecule has 24 heavy (non-hydrogen) atoms. The van der Waals surface area contributed by atoms with Gasteiger partial charge in [-0.15, -0.1) is 0 Å². The molecule has 126 valence electrons. The molecule has 2 amide bonds. The van der Waals surface area contributed by atoms with Gasteiger partial charge >= 0.3 is 0 Å². The standard InChI is InChI=1S/C17H16BrFN2O3/c18-14-10-11(19)3-4-13(14)16(22)20-12-5-7-21(8-6-12)17(23)15-2-1-9-24-15/h1-4,9-10,12H,5-8H2,(H,20,22). The maximum Gasteiger partial charge on any atom is 0.289 e. The number of hydrogen-bond donors (Lipinski definition) is 1. The molecule has 0 radical (unpaired) electrons. The number of nitrogens with one attached hydrogen (secondary N) is 1. The lowest BCUT2D eigenvalue weighted by Gasteiger charge is -2.32. The number of benzene rings is 1. The Morgan fingerprint density at radius 2 is 2.00 bits per heavy atom. The minimum absolute atomic E-state index is 0.0184. The van der Waals surface area contributed by atoms with Crippen molar-refractivity contribution in [1.82, 2.24) is 10.2 Å². The highest BCUT2D eigenvalue weighted by molar-refractivity contribution is 9.10. The zero-order valence-corrected chi connectivity index (χ0v) is 14.4. The summed E-state index contributed by atoms with van der Waals surface area (Å²) in [6, 6.07) is 7.27. The van der Waals surface area contributed by atoms with Crippen molar-refractivity contribution in [3.8, 4) is 0 Å². The molecule has 0 saturated carbocycles. The highest BCUT2D eigenvalue weighted by Gasteiger charge is 2.26. The van der Waals surface area contributed by atoms with Gasteiger partial charge in [-0.3, -0.25) is 9.59 Å². The van der Waals surface area contributed by atoms with E-state index in [1.165, 1.54) is 24.5 Å². The van der Waals surface area contributed by atoms with E-state index in [1.807, 2.05) is 0 Å². The fraction of sp³-hybridized carbons (Fsp3) is 0.294. The zero-order valence-electron chi connectivity index (χ0n) is 12.8. The minimum Gasteiger partial charge on any atom is -0.459 e. The maximum atomic E-state index is 13.1. The third kappa shape index (κ3) is 3.67. The summed E-state index contributed by atoms with van der Waals surface area (Å²) in [7, 11) is 0. The quantitative estimate of drug-likeness (QED) is 0.868. The lowest BCUT2D eigenvalue weighted by Crippen LogP contribution is -2.46. The fourth-order valence-electron chi connectivity index (χ4n) is 2.72. The molecule has 1 aliphatic heterocycles. The Bertz CT molecular complexity index is 740. The Labute approximate surface area is 146 Å². The third-order valence-corrected chi connectivity index (χ3v) is 4.68. The van der Waals surface area contributed by atoms with Crippen molar-refractivity contribution in [2.45, 2.75) is 18.9 Å². The van der Waals surface area contributed by atoms with Crippen molar-refractivity contribution in [3.05, 3.63) is 58.2 Å². The number of halogens is 2. The molecule has 2 aromatic rings. The van der Waals surface area contributed by atoms with E-state index < -0.39 is 5.82 Å². The van der Waals surface area contributed by atoms with E-state index in [0.29, 0.717) is 41.7 Å². The van der Waals surface area contributed by atoms with Gasteiger partial charge < -0.3 is 14.6 Å². The Hall–Kier alpha value is -2.15. The SMILES string of the molecule is O=C(NC1CCN(C(=O)c2ccco2)CC1)c1ccc(F)cc1Br. The molecule has 1 aromatic carbocycles. The zero-order chi connectivity index (χ0) is 17.1. The smallest absolute Gasteiger partial charge is 0.289 e. The summed E-state index contributed by atoms with van der Waals surface area (Å²) in [5, 5.41) is 2.94. The Kier molecular flexibility index (Phi) is 4.99. The minimum atomic E-state index is -0.400. The van der Waals surface area contributed by atoms with Crippen molar-refractivity contribution in [3.63, 3.8) is 0 Å². The van der Waals surface area contributed by atoms with Gasteiger partial charge in [0.15, 0.2) is 5.76 Å². The predicted molar refractivity (Wildman–Crippen MR) is 89.2 cm³/mol. The number of hydrogen-bond acceptors (Lipinski definition) is 3. The number of furan rings is 1. The van der Waals surface area contributed by atoms with Crippen LogP contribution in [0.4, 0.5) is 4.39 Å². The first-order chi connectivity index (χ1) is 11.5. The molecule has 1 aliphatic rings. The van der Waals surface area contributed by atoms with Crippen LogP contribution >= 0.6 is 15.9 Å². The number of likely N-dealkylation sites (tertiary alicyclic amines) is 1. The third-order valence-electron chi connectivity index (χ3n) is 4.03. The van der Waals surface area contributed by atoms with E-state index in [9.17, 15) is 14.0 Å². The Morgan fingerprint density at radius 3 is 2.62 bits per heavy atom. The van der Waals surface area contributed by atoms with Crippen LogP contribution in [-0.2, 0) is 0 Å². The summed E-state index contributed by atoms with van der Waals surface area (Å²) in [5.41, 5.74) is 0.394. The highest BCUT2D eigenvalue weighted by Crippen LogP contribution is 2.19. The summed E-state index contributed by atoms with van der Waals surface area (Å²) in [4.78, 5) is 26.2. The number of carbonyl (C=O) groups is 2. The monoisotopic (exact) mass is 394 g/mol. The second kappa shape index (κ2) is 7.17. The average Bonchev–Trinajstić information content (AvgIpc) is 3.09. The van der Waals surface area contributed by atoms with Gasteiger partial charge in [0.2, 0.25) is 0 Å². The van der Waals surface area contributed by atoms with Crippen LogP contribution in [0.3, 0.4) is 0 Å². The van der Waals surface area contributed by atoms with E-state index >= 15 is 0 Å². The molecule has 0 aliphatic carbocycles. The van der Waals surface area contributed by atoms with Crippen LogP contribution in [0.25, 0.3) is 0 Å². The van der Waals surface area contributed by atoms with Gasteiger partial charge in [-0.05, 0) is 59.1 Å². The molecule has 1 fully saturated rings. The van der Waals surface area contributed by atoms with E-state index in [2.05, 4.69) is 21.2 Å². The van der Waals surface area contributed by atoms with Gasteiger partial charge in [-0.25, -0.2) is 4.39 Å². The summed E-state index contributed by atoms with van der Waals surface area (Å²) < 4.78 is 18.6. The van der Waals surface area contributed by atoms with Gasteiger partial charge in [0, 0.05) is 23.6 Å². The highest BCUT2D eigenvalue weighted by atomic mass is 79.9. The van der Waals surface area contributed by atoms with Crippen molar-refractivity contribution in [1.29, 1.82) is 0 Å². The van der Waals surface area contributed by atoms with Crippen molar-refractivity contribution < 1.29 is 18.4 Å². The Morgan fingerprint density at radius 1 is 1.25 bits per heavy atom. The molecule has 7 heteroatoms. The summed E-state index contributed by atoms with van der Waals surface area (Å²) >= 11 is 3.20. The van der Waals surface area contributed by atoms with E-state index in [4.69, 9.17) is 4.42 Å². The molecule has 5 nitrogen and oxygen atoms in total. The molecular formula is C17H16BrFN2O3. The van der Waals surface area contributed by atoms with Crippen LogP contribution in [0.15, 0.2) is 45.5 Å². The number of amides is 2. The van der Waals surface area contributed by atoms with Gasteiger partial charge in [-0.2, -0.15) is 0 Å². The first kappa shape index (κ1) is 16.7. The molecular weight excluding hydrogens is 379 g/mol. The summed E-state index contributed by atoms with van der Waals surface area (Å²) in [6.45, 7) is 1.10. The maximum absolute atomic E-state index is 13.1. The molecule has 1 N–H and O–H groups in total. The number of carbonyl (C=O) groups excluding carboxylic acids is 2. The van der Waals surface area contributed by atoms with E-state index in [0.717, 1.165) is 0 Å². The molecule has 2 heterocycles. The van der Waals surface area contributed by atoms with Gasteiger partial charge in [0.1, 0.15) is 5.82 Å². The van der Waals surface area contributed by atoms with Crippen LogP contribution in [-0.4, -0.2) is 35.8 Å². The van der Waals surface area contributed by atoms with E-state index in [1.54, 1.807) is 17.0 Å². The molecule has 3 rings (SSSR count). The van der Waals surface area contributed by atoms with Gasteiger partial charge in [-0.1, -0.05) is 0 Å². The van der Waals surface area contributed by atoms with Crippen LogP contribution in [0.5, 0.6) is 0 Å². The lowest BCUT2D eigenvalue weighted by atomic mass is 10.0. The second-order valence-corrected chi connectivity index (χ2v) is 6.50. The van der Waals surface area contributed by atoms with Crippen molar-refractivity contribution in [2.24, 2.45) is 0 Å². The topological polar surface area (TPSA) is 62.6 Å². The normalized spacial score (nSPS) is 15.3. The summed E-state index contributed by atoms with van der Waals surface area (Å²) in [6.07, 6.45) is 2.80. The number of rotatable bonds is 3. The predicted octanol–water partition coefficient (Wildman–Crippen LogP) is 3.22. The molecule has 1 aromatic heterocycles. The largest absolute Gasteiger partial charge is 0.459 e. The van der Waals surface area contributed by atoms with Gasteiger partial charge in [0.25, 0.3) is 11.8 Å². The average molecular weight is 395 g/mol. The molecule has 1 saturated heterocycles. The first-order valence-electron chi connectivity index (χ1n) is 7.63. The van der Waals surface area contributed by atoms with Crippen LogP contribution in [0, 0.1) is 5.82 Å². The molecule has 0 atom stereocenters. The fourth-order valence-corrected chi connectivity index (χ4v) is 3.25. The summed E-state index contributed by atoms with van der Waals surface area (Å²) in [5.74, 6) is -0.459. The number of piperidine rings is 1. The molecule has 0 unspecified atom stereocenters. The molecule has 0 bridgehead atoms. The molecule has 0 spiro atoms. The van der Waals surface area contributed by atoms with Crippen LogP contribution in [0.2, 0.25) is 0 Å². The van der Waals surface area contributed by atoms with Crippen LogP contribution in [0.1, 0.15) is 33.8 Å². The van der Waals surface area contributed by atoms with Crippen LogP contribution < -0.4 is 5.32 Å².